The molecule has 2 atom stereocenters. The second-order valence-electron chi connectivity index (χ2n) is 5.14. The predicted octanol–water partition coefficient (Wildman–Crippen LogP) is 4.06. The Morgan fingerprint density at radius 1 is 1.56 bits per heavy atom. The van der Waals surface area contributed by atoms with Gasteiger partial charge in [-0.2, -0.15) is 0 Å². The van der Waals surface area contributed by atoms with Crippen molar-refractivity contribution in [2.24, 2.45) is 0 Å². The highest BCUT2D eigenvalue weighted by molar-refractivity contribution is 7.10. The average molecular weight is 267 g/mol. The van der Waals surface area contributed by atoms with Gasteiger partial charge in [-0.05, 0) is 62.6 Å². The molecule has 102 valence electrons. The molecule has 2 nitrogen and oxygen atoms in total. The van der Waals surface area contributed by atoms with Gasteiger partial charge in [-0.3, -0.25) is 0 Å². The second-order valence-corrected chi connectivity index (χ2v) is 6.09. The molecule has 0 saturated carbocycles. The number of ether oxygens (including phenoxy) is 1. The van der Waals surface area contributed by atoms with E-state index in [1.165, 1.54) is 42.5 Å². The summed E-state index contributed by atoms with van der Waals surface area (Å²) < 4.78 is 5.69. The first-order valence-electron chi connectivity index (χ1n) is 7.20. The van der Waals surface area contributed by atoms with Crippen LogP contribution in [-0.2, 0) is 4.74 Å². The molecular weight excluding hydrogens is 242 g/mol. The summed E-state index contributed by atoms with van der Waals surface area (Å²) in [6, 6.07) is 2.76. The van der Waals surface area contributed by atoms with Crippen LogP contribution in [0.5, 0.6) is 0 Å². The molecule has 3 heteroatoms. The molecule has 0 radical (unpaired) electrons. The van der Waals surface area contributed by atoms with E-state index in [0.717, 1.165) is 13.2 Å². The molecule has 2 heterocycles. The molecule has 1 aromatic heterocycles. The van der Waals surface area contributed by atoms with Gasteiger partial charge in [0.1, 0.15) is 0 Å². The van der Waals surface area contributed by atoms with Crippen LogP contribution in [0.15, 0.2) is 11.4 Å². The summed E-state index contributed by atoms with van der Waals surface area (Å²) in [7, 11) is 0. The summed E-state index contributed by atoms with van der Waals surface area (Å²) in [6.07, 6.45) is 6.78. The molecule has 0 spiro atoms. The van der Waals surface area contributed by atoms with Gasteiger partial charge in [-0.1, -0.05) is 6.92 Å². The van der Waals surface area contributed by atoms with Gasteiger partial charge in [0.2, 0.25) is 0 Å². The topological polar surface area (TPSA) is 21.3 Å². The zero-order valence-electron chi connectivity index (χ0n) is 11.6. The van der Waals surface area contributed by atoms with Gasteiger partial charge in [-0.25, -0.2) is 0 Å². The molecule has 1 fully saturated rings. The van der Waals surface area contributed by atoms with E-state index < -0.39 is 0 Å². The Balaban J connectivity index is 1.80. The molecular formula is C15H25NOS. The highest BCUT2D eigenvalue weighted by atomic mass is 32.1. The summed E-state index contributed by atoms with van der Waals surface area (Å²) in [5.74, 6) is 0. The van der Waals surface area contributed by atoms with Crippen molar-refractivity contribution < 1.29 is 4.74 Å². The molecule has 1 N–H and O–H groups in total. The molecule has 0 aromatic carbocycles. The van der Waals surface area contributed by atoms with Crippen LogP contribution in [0.3, 0.4) is 0 Å². The highest BCUT2D eigenvalue weighted by Gasteiger charge is 2.18. The standard InChI is InChI=1S/C15H25NOS/c1-3-16-14(15-12(2)9-11-18-15)8-4-6-13-7-5-10-17-13/h9,11,13-14,16H,3-8,10H2,1-2H3. The summed E-state index contributed by atoms with van der Waals surface area (Å²) >= 11 is 1.89. The van der Waals surface area contributed by atoms with Gasteiger partial charge >= 0.3 is 0 Å². The number of hydrogen-bond donors (Lipinski definition) is 1. The van der Waals surface area contributed by atoms with Gasteiger partial charge in [0, 0.05) is 17.5 Å². The van der Waals surface area contributed by atoms with Crippen molar-refractivity contribution in [3.05, 3.63) is 21.9 Å². The van der Waals surface area contributed by atoms with Gasteiger partial charge < -0.3 is 10.1 Å². The number of rotatable bonds is 7. The Kier molecular flexibility index (Phi) is 5.67. The summed E-state index contributed by atoms with van der Waals surface area (Å²) in [4.78, 5) is 1.52. The monoisotopic (exact) mass is 267 g/mol. The summed E-state index contributed by atoms with van der Waals surface area (Å²) in [5.41, 5.74) is 1.43. The summed E-state index contributed by atoms with van der Waals surface area (Å²) in [5, 5.41) is 5.82. The molecule has 1 saturated heterocycles. The zero-order chi connectivity index (χ0) is 12.8. The van der Waals surface area contributed by atoms with E-state index in [2.05, 4.69) is 30.6 Å². The number of aryl methyl sites for hydroxylation is 1. The van der Waals surface area contributed by atoms with E-state index in [1.54, 1.807) is 0 Å². The predicted molar refractivity (Wildman–Crippen MR) is 78.3 cm³/mol. The maximum absolute atomic E-state index is 5.69. The van der Waals surface area contributed by atoms with Crippen LogP contribution < -0.4 is 5.32 Å². The first-order chi connectivity index (χ1) is 8.81. The lowest BCUT2D eigenvalue weighted by atomic mass is 10.0. The lowest BCUT2D eigenvalue weighted by molar-refractivity contribution is 0.101. The summed E-state index contributed by atoms with van der Waals surface area (Å²) in [6.45, 7) is 6.43. The van der Waals surface area contributed by atoms with Crippen LogP contribution >= 0.6 is 11.3 Å². The lowest BCUT2D eigenvalue weighted by Crippen LogP contribution is -2.21. The fourth-order valence-corrected chi connectivity index (χ4v) is 3.77. The van der Waals surface area contributed by atoms with Crippen LogP contribution in [0, 0.1) is 6.92 Å². The maximum atomic E-state index is 5.69. The Morgan fingerprint density at radius 2 is 2.44 bits per heavy atom. The largest absolute Gasteiger partial charge is 0.378 e. The van der Waals surface area contributed by atoms with Gasteiger partial charge in [0.15, 0.2) is 0 Å². The highest BCUT2D eigenvalue weighted by Crippen LogP contribution is 2.28. The van der Waals surface area contributed by atoms with Crippen LogP contribution in [0.2, 0.25) is 0 Å². The van der Waals surface area contributed by atoms with Gasteiger partial charge in [-0.15, -0.1) is 11.3 Å². The molecule has 2 unspecified atom stereocenters. The number of thiophene rings is 1. The Morgan fingerprint density at radius 3 is 3.06 bits per heavy atom. The van der Waals surface area contributed by atoms with Crippen molar-refractivity contribution in [3.8, 4) is 0 Å². The van der Waals surface area contributed by atoms with Crippen LogP contribution in [0.4, 0.5) is 0 Å². The third-order valence-electron chi connectivity index (χ3n) is 3.71. The molecule has 0 amide bonds. The van der Waals surface area contributed by atoms with E-state index in [4.69, 9.17) is 4.74 Å². The zero-order valence-corrected chi connectivity index (χ0v) is 12.4. The minimum absolute atomic E-state index is 0.538. The normalized spacial score (nSPS) is 21.3. The van der Waals surface area contributed by atoms with Crippen molar-refractivity contribution >= 4 is 11.3 Å². The molecule has 2 rings (SSSR count). The molecule has 1 aromatic rings. The lowest BCUT2D eigenvalue weighted by Gasteiger charge is -2.18. The van der Waals surface area contributed by atoms with E-state index in [1.807, 2.05) is 11.3 Å². The second kappa shape index (κ2) is 7.27. The fourth-order valence-electron chi connectivity index (χ4n) is 2.74. The smallest absolute Gasteiger partial charge is 0.0576 e. The number of nitrogens with one attached hydrogen (secondary N) is 1. The van der Waals surface area contributed by atoms with Gasteiger partial charge in [0.25, 0.3) is 0 Å². The van der Waals surface area contributed by atoms with Crippen molar-refractivity contribution in [3.63, 3.8) is 0 Å². The van der Waals surface area contributed by atoms with Crippen molar-refractivity contribution in [1.29, 1.82) is 0 Å². The molecule has 1 aliphatic rings. The molecule has 0 bridgehead atoms. The maximum Gasteiger partial charge on any atom is 0.0576 e. The average Bonchev–Trinajstić information content (AvgIpc) is 2.99. The van der Waals surface area contributed by atoms with Crippen LogP contribution in [-0.4, -0.2) is 19.3 Å². The third kappa shape index (κ3) is 3.81. The van der Waals surface area contributed by atoms with Crippen molar-refractivity contribution in [2.75, 3.05) is 13.2 Å². The molecule has 18 heavy (non-hydrogen) atoms. The van der Waals surface area contributed by atoms with E-state index in [9.17, 15) is 0 Å². The first-order valence-corrected chi connectivity index (χ1v) is 8.08. The van der Waals surface area contributed by atoms with Crippen LogP contribution in [0.1, 0.15) is 55.5 Å². The van der Waals surface area contributed by atoms with E-state index >= 15 is 0 Å². The number of hydrogen-bond acceptors (Lipinski definition) is 3. The van der Waals surface area contributed by atoms with Crippen LogP contribution in [0.25, 0.3) is 0 Å². The Labute approximate surface area is 115 Å². The minimum Gasteiger partial charge on any atom is -0.378 e. The first kappa shape index (κ1) is 14.0. The SMILES string of the molecule is CCNC(CCCC1CCCO1)c1sccc1C. The minimum atomic E-state index is 0.538. The Hall–Kier alpha value is -0.380. The Bertz CT molecular complexity index is 344. The van der Waals surface area contributed by atoms with E-state index in [0.29, 0.717) is 12.1 Å². The van der Waals surface area contributed by atoms with E-state index in [-0.39, 0.29) is 0 Å². The van der Waals surface area contributed by atoms with Gasteiger partial charge in [0.05, 0.1) is 6.10 Å². The fraction of sp³-hybridized carbons (Fsp3) is 0.733. The van der Waals surface area contributed by atoms with Crippen molar-refractivity contribution in [2.45, 2.75) is 58.1 Å². The third-order valence-corrected chi connectivity index (χ3v) is 4.84. The molecule has 0 aliphatic carbocycles. The van der Waals surface area contributed by atoms with Crippen molar-refractivity contribution in [1.82, 2.24) is 5.32 Å². The molecule has 1 aliphatic heterocycles. The quantitative estimate of drug-likeness (QED) is 0.804.